The first-order chi connectivity index (χ1) is 7.18. The van der Waals surface area contributed by atoms with Gasteiger partial charge in [-0.25, -0.2) is 0 Å². The van der Waals surface area contributed by atoms with Crippen LogP contribution in [0.3, 0.4) is 0 Å². The first kappa shape index (κ1) is 17.4. The van der Waals surface area contributed by atoms with E-state index in [0.717, 1.165) is 18.8 Å². The molecule has 0 spiro atoms. The molecule has 1 N–H and O–H groups in total. The van der Waals surface area contributed by atoms with E-state index >= 15 is 0 Å². The van der Waals surface area contributed by atoms with Gasteiger partial charge in [-0.3, -0.25) is 0 Å². The van der Waals surface area contributed by atoms with Crippen LogP contribution in [-0.2, 0) is 0 Å². The van der Waals surface area contributed by atoms with Crippen LogP contribution < -0.4 is 0 Å². The Morgan fingerprint density at radius 1 is 0.800 bits per heavy atom. The van der Waals surface area contributed by atoms with Crippen molar-refractivity contribution < 1.29 is 5.11 Å². The van der Waals surface area contributed by atoms with Crippen LogP contribution in [0.5, 0.6) is 0 Å². The van der Waals surface area contributed by atoms with Crippen LogP contribution in [0.1, 0.15) is 79.1 Å². The summed E-state index contributed by atoms with van der Waals surface area (Å²) >= 11 is 0. The lowest BCUT2D eigenvalue weighted by atomic mass is 10.0. The third-order valence-corrected chi connectivity index (χ3v) is 2.40. The maximum Gasteiger partial charge on any atom is 0.0430 e. The first-order valence-electron chi connectivity index (χ1n) is 6.79. The van der Waals surface area contributed by atoms with E-state index in [0.29, 0.717) is 6.61 Å². The zero-order valence-electron chi connectivity index (χ0n) is 11.4. The topological polar surface area (TPSA) is 20.2 Å². The zero-order valence-corrected chi connectivity index (χ0v) is 11.4. The Morgan fingerprint density at radius 3 is 1.67 bits per heavy atom. The second-order valence-electron chi connectivity index (χ2n) is 4.67. The van der Waals surface area contributed by atoms with Crippen LogP contribution >= 0.6 is 0 Å². The Bertz CT molecular complexity index is 87.3. The van der Waals surface area contributed by atoms with Crippen LogP contribution in [0, 0.1) is 5.92 Å². The standard InChI is InChI=1S/C10H22.C4H10O/c1-4-5-6-7-8-9-10(2)3;1-2-3-4-5/h10H,4-9H2,1-3H3;5H,2-4H2,1H3. The van der Waals surface area contributed by atoms with Crippen molar-refractivity contribution in [1.29, 1.82) is 0 Å². The van der Waals surface area contributed by atoms with Crippen LogP contribution in [0.15, 0.2) is 0 Å². The fourth-order valence-electron chi connectivity index (χ4n) is 1.31. The summed E-state index contributed by atoms with van der Waals surface area (Å²) in [6, 6.07) is 0. The molecule has 0 unspecified atom stereocenters. The molecule has 0 aromatic carbocycles. The molecule has 0 rings (SSSR count). The van der Waals surface area contributed by atoms with Crippen molar-refractivity contribution >= 4 is 0 Å². The molecule has 0 fully saturated rings. The highest BCUT2D eigenvalue weighted by Crippen LogP contribution is 2.09. The number of aliphatic hydroxyl groups is 1. The average molecular weight is 216 g/mol. The van der Waals surface area contributed by atoms with Crippen molar-refractivity contribution in [1.82, 2.24) is 0 Å². The van der Waals surface area contributed by atoms with Gasteiger partial charge in [0, 0.05) is 6.61 Å². The van der Waals surface area contributed by atoms with Gasteiger partial charge in [0.15, 0.2) is 0 Å². The Labute approximate surface area is 97.3 Å². The molecule has 0 aromatic rings. The lowest BCUT2D eigenvalue weighted by Gasteiger charge is -2.02. The summed E-state index contributed by atoms with van der Waals surface area (Å²) in [5.74, 6) is 0.904. The van der Waals surface area contributed by atoms with E-state index in [1.807, 2.05) is 0 Å². The van der Waals surface area contributed by atoms with Crippen LogP contribution in [0.4, 0.5) is 0 Å². The fraction of sp³-hybridized carbons (Fsp3) is 1.00. The van der Waals surface area contributed by atoms with Gasteiger partial charge in [-0.05, 0) is 12.3 Å². The Hall–Kier alpha value is -0.0400. The molecule has 0 aliphatic carbocycles. The third-order valence-electron chi connectivity index (χ3n) is 2.40. The number of hydrogen-bond acceptors (Lipinski definition) is 1. The van der Waals surface area contributed by atoms with E-state index in [9.17, 15) is 0 Å². The molecule has 1 heteroatoms. The van der Waals surface area contributed by atoms with Crippen LogP contribution in [0.25, 0.3) is 0 Å². The summed E-state index contributed by atoms with van der Waals surface area (Å²) in [5, 5.41) is 8.07. The molecule has 0 radical (unpaired) electrons. The van der Waals surface area contributed by atoms with Crippen molar-refractivity contribution in [2.45, 2.75) is 79.1 Å². The molecular formula is C14H32O. The number of unbranched alkanes of at least 4 members (excludes halogenated alkanes) is 5. The molecule has 0 bridgehead atoms. The van der Waals surface area contributed by atoms with E-state index in [1.165, 1.54) is 38.5 Å². The summed E-state index contributed by atoms with van der Waals surface area (Å²) in [4.78, 5) is 0. The van der Waals surface area contributed by atoms with Gasteiger partial charge in [0.05, 0.1) is 0 Å². The summed E-state index contributed by atoms with van der Waals surface area (Å²) in [5.41, 5.74) is 0. The molecule has 0 atom stereocenters. The molecule has 94 valence electrons. The second-order valence-corrected chi connectivity index (χ2v) is 4.67. The van der Waals surface area contributed by atoms with Crippen molar-refractivity contribution in [3.8, 4) is 0 Å². The van der Waals surface area contributed by atoms with Crippen molar-refractivity contribution in [3.05, 3.63) is 0 Å². The molecule has 15 heavy (non-hydrogen) atoms. The predicted molar refractivity (Wildman–Crippen MR) is 70.2 cm³/mol. The quantitative estimate of drug-likeness (QED) is 0.579. The SMILES string of the molecule is CCCCCCCC(C)C.CCCCO. The van der Waals surface area contributed by atoms with Gasteiger partial charge in [-0.2, -0.15) is 0 Å². The van der Waals surface area contributed by atoms with Crippen molar-refractivity contribution in [2.75, 3.05) is 6.61 Å². The predicted octanol–water partition coefficient (Wildman–Crippen LogP) is 4.78. The molecule has 0 heterocycles. The molecule has 1 nitrogen and oxygen atoms in total. The van der Waals surface area contributed by atoms with Crippen molar-refractivity contribution in [2.24, 2.45) is 5.92 Å². The van der Waals surface area contributed by atoms with E-state index in [2.05, 4.69) is 27.7 Å². The number of aliphatic hydroxyl groups excluding tert-OH is 1. The number of hydrogen-bond donors (Lipinski definition) is 1. The molecule has 0 aliphatic heterocycles. The number of rotatable bonds is 8. The smallest absolute Gasteiger partial charge is 0.0430 e. The molecular weight excluding hydrogens is 184 g/mol. The van der Waals surface area contributed by atoms with E-state index < -0.39 is 0 Å². The van der Waals surface area contributed by atoms with E-state index in [-0.39, 0.29) is 0 Å². The fourth-order valence-corrected chi connectivity index (χ4v) is 1.31. The van der Waals surface area contributed by atoms with Crippen LogP contribution in [0.2, 0.25) is 0 Å². The third kappa shape index (κ3) is 24.9. The Balaban J connectivity index is 0. The summed E-state index contributed by atoms with van der Waals surface area (Å²) in [6.45, 7) is 9.27. The van der Waals surface area contributed by atoms with Crippen molar-refractivity contribution in [3.63, 3.8) is 0 Å². The minimum atomic E-state index is 0.344. The molecule has 0 saturated carbocycles. The zero-order chi connectivity index (χ0) is 11.9. The minimum absolute atomic E-state index is 0.344. The highest BCUT2D eigenvalue weighted by atomic mass is 16.2. The summed E-state index contributed by atoms with van der Waals surface area (Å²) < 4.78 is 0. The van der Waals surface area contributed by atoms with Gasteiger partial charge in [0.2, 0.25) is 0 Å². The van der Waals surface area contributed by atoms with Gasteiger partial charge < -0.3 is 5.11 Å². The van der Waals surface area contributed by atoms with Gasteiger partial charge >= 0.3 is 0 Å². The highest BCUT2D eigenvalue weighted by molar-refractivity contribution is 4.46. The van der Waals surface area contributed by atoms with E-state index in [1.54, 1.807) is 0 Å². The first-order valence-corrected chi connectivity index (χ1v) is 6.79. The summed E-state index contributed by atoms with van der Waals surface area (Å²) in [6.07, 6.45) is 10.6. The monoisotopic (exact) mass is 216 g/mol. The van der Waals surface area contributed by atoms with Crippen LogP contribution in [-0.4, -0.2) is 11.7 Å². The van der Waals surface area contributed by atoms with Gasteiger partial charge in [-0.1, -0.05) is 72.6 Å². The van der Waals surface area contributed by atoms with E-state index in [4.69, 9.17) is 5.11 Å². The maximum absolute atomic E-state index is 8.07. The lowest BCUT2D eigenvalue weighted by Crippen LogP contribution is -1.86. The van der Waals surface area contributed by atoms with Gasteiger partial charge in [-0.15, -0.1) is 0 Å². The molecule has 0 aliphatic rings. The van der Waals surface area contributed by atoms with Gasteiger partial charge in [0.1, 0.15) is 0 Å². The lowest BCUT2D eigenvalue weighted by molar-refractivity contribution is 0.287. The minimum Gasteiger partial charge on any atom is -0.396 e. The average Bonchev–Trinajstić information content (AvgIpc) is 2.19. The Kier molecular flexibility index (Phi) is 19.0. The molecule has 0 aromatic heterocycles. The normalized spacial score (nSPS) is 10.0. The molecule has 0 saturated heterocycles. The highest BCUT2D eigenvalue weighted by Gasteiger charge is 1.92. The molecule has 0 amide bonds. The Morgan fingerprint density at radius 2 is 1.33 bits per heavy atom. The second kappa shape index (κ2) is 16.4. The van der Waals surface area contributed by atoms with Gasteiger partial charge in [0.25, 0.3) is 0 Å². The maximum atomic E-state index is 8.07. The summed E-state index contributed by atoms with van der Waals surface area (Å²) in [7, 11) is 0. The largest absolute Gasteiger partial charge is 0.396 e.